The van der Waals surface area contributed by atoms with E-state index in [1.165, 1.54) is 10.5 Å². The molecule has 1 aromatic heterocycles. The predicted octanol–water partition coefficient (Wildman–Crippen LogP) is 4.83. The number of hydrogen-bond acceptors (Lipinski definition) is 4. The van der Waals surface area contributed by atoms with Crippen molar-refractivity contribution >= 4 is 11.9 Å². The van der Waals surface area contributed by atoms with Gasteiger partial charge in [-0.15, -0.1) is 0 Å². The number of aliphatic imine (C=N–C) groups is 1. The van der Waals surface area contributed by atoms with E-state index in [2.05, 4.69) is 56.1 Å². The van der Waals surface area contributed by atoms with E-state index in [-0.39, 0.29) is 17.3 Å². The van der Waals surface area contributed by atoms with Gasteiger partial charge in [0, 0.05) is 19.4 Å². The first kappa shape index (κ1) is 21.8. The van der Waals surface area contributed by atoms with Gasteiger partial charge in [0.15, 0.2) is 5.96 Å². The number of rotatable bonds is 3. The van der Waals surface area contributed by atoms with Gasteiger partial charge in [0.1, 0.15) is 5.54 Å². The van der Waals surface area contributed by atoms with Gasteiger partial charge in [0.05, 0.1) is 5.92 Å². The molecule has 0 radical (unpaired) electrons. The molecule has 4 rings (SSSR count). The highest BCUT2D eigenvalue weighted by atomic mass is 16.2. The number of aromatic nitrogens is 1. The molecule has 5 heteroatoms. The summed E-state index contributed by atoms with van der Waals surface area (Å²) in [5.41, 5.74) is 10.5. The van der Waals surface area contributed by atoms with Crippen molar-refractivity contribution in [2.24, 2.45) is 10.7 Å². The first-order valence-corrected chi connectivity index (χ1v) is 10.9. The quantitative estimate of drug-likeness (QED) is 0.652. The van der Waals surface area contributed by atoms with Gasteiger partial charge in [0.2, 0.25) is 5.91 Å². The molecule has 2 heterocycles. The molecule has 1 amide bonds. The lowest BCUT2D eigenvalue weighted by molar-refractivity contribution is -0.130. The van der Waals surface area contributed by atoms with Crippen LogP contribution in [0, 0.1) is 0 Å². The summed E-state index contributed by atoms with van der Waals surface area (Å²) in [7, 11) is 1.68. The van der Waals surface area contributed by atoms with Gasteiger partial charge in [0.25, 0.3) is 0 Å². The summed E-state index contributed by atoms with van der Waals surface area (Å²) in [6.45, 7) is 8.54. The molecule has 2 aromatic carbocycles. The Labute approximate surface area is 190 Å². The van der Waals surface area contributed by atoms with Crippen LogP contribution in [0.15, 0.2) is 78.0 Å². The van der Waals surface area contributed by atoms with Gasteiger partial charge >= 0.3 is 0 Å². The maximum atomic E-state index is 13.5. The molecule has 0 fully saturated rings. The smallest absolute Gasteiger partial charge is 0.239 e. The van der Waals surface area contributed by atoms with Crippen LogP contribution < -0.4 is 5.73 Å². The van der Waals surface area contributed by atoms with Crippen LogP contribution in [0.3, 0.4) is 0 Å². The highest BCUT2D eigenvalue weighted by molar-refractivity contribution is 6.02. The SMILES string of the molecule is CN1C(=O)[C@H](c2ccc(C(C)(C)C)cc2)C(C)(c2cccc(-c3cccnc3)c2)N=C1N. The Bertz CT molecular complexity index is 1160. The predicted molar refractivity (Wildman–Crippen MR) is 129 cm³/mol. The Morgan fingerprint density at radius 1 is 1.00 bits per heavy atom. The average Bonchev–Trinajstić information content (AvgIpc) is 2.78. The van der Waals surface area contributed by atoms with Crippen molar-refractivity contribution in [3.63, 3.8) is 0 Å². The fourth-order valence-corrected chi connectivity index (χ4v) is 4.35. The number of hydrogen-bond donors (Lipinski definition) is 1. The zero-order valence-corrected chi connectivity index (χ0v) is 19.3. The Kier molecular flexibility index (Phi) is 5.37. The lowest BCUT2D eigenvalue weighted by atomic mass is 9.73. The molecule has 164 valence electrons. The van der Waals surface area contributed by atoms with Crippen LogP contribution in [0.1, 0.15) is 50.3 Å². The summed E-state index contributed by atoms with van der Waals surface area (Å²) in [5, 5.41) is 0. The number of likely N-dealkylation sites (N-methyl/N-ethyl adjacent to an activating group) is 1. The van der Waals surface area contributed by atoms with E-state index < -0.39 is 11.5 Å². The number of guanidine groups is 1. The molecule has 2 atom stereocenters. The Morgan fingerprint density at radius 2 is 1.69 bits per heavy atom. The molecule has 3 aromatic rings. The second-order valence-electron chi connectivity index (χ2n) is 9.64. The lowest BCUT2D eigenvalue weighted by Crippen LogP contribution is -2.52. The third kappa shape index (κ3) is 3.79. The van der Waals surface area contributed by atoms with Crippen molar-refractivity contribution in [1.82, 2.24) is 9.88 Å². The van der Waals surface area contributed by atoms with Crippen LogP contribution in [-0.2, 0) is 15.7 Å². The van der Waals surface area contributed by atoms with E-state index in [9.17, 15) is 4.79 Å². The molecule has 1 aliphatic heterocycles. The van der Waals surface area contributed by atoms with Crippen LogP contribution in [0.2, 0.25) is 0 Å². The minimum absolute atomic E-state index is 0.0375. The summed E-state index contributed by atoms with van der Waals surface area (Å²) in [6, 6.07) is 20.4. The van der Waals surface area contributed by atoms with Gasteiger partial charge in [-0.1, -0.05) is 69.3 Å². The van der Waals surface area contributed by atoms with Gasteiger partial charge in [-0.2, -0.15) is 0 Å². The lowest BCUT2D eigenvalue weighted by Gasteiger charge is -2.41. The minimum Gasteiger partial charge on any atom is -0.369 e. The summed E-state index contributed by atoms with van der Waals surface area (Å²) in [4.78, 5) is 24.1. The van der Waals surface area contributed by atoms with Crippen LogP contribution in [-0.4, -0.2) is 28.8 Å². The van der Waals surface area contributed by atoms with E-state index >= 15 is 0 Å². The fraction of sp³-hybridized carbons (Fsp3) is 0.296. The number of carbonyl (C=O) groups is 1. The second-order valence-corrected chi connectivity index (χ2v) is 9.64. The number of nitrogens with zero attached hydrogens (tertiary/aromatic N) is 3. The van der Waals surface area contributed by atoms with Crippen molar-refractivity contribution in [3.05, 3.63) is 89.7 Å². The van der Waals surface area contributed by atoms with Crippen molar-refractivity contribution in [3.8, 4) is 11.1 Å². The van der Waals surface area contributed by atoms with Crippen molar-refractivity contribution in [2.45, 2.75) is 44.6 Å². The van der Waals surface area contributed by atoms with Crippen LogP contribution >= 0.6 is 0 Å². The van der Waals surface area contributed by atoms with Crippen LogP contribution in [0.4, 0.5) is 0 Å². The molecule has 32 heavy (non-hydrogen) atoms. The molecule has 0 saturated carbocycles. The van der Waals surface area contributed by atoms with Crippen molar-refractivity contribution in [1.29, 1.82) is 0 Å². The second kappa shape index (κ2) is 7.90. The van der Waals surface area contributed by atoms with E-state index in [1.54, 1.807) is 13.2 Å². The topological polar surface area (TPSA) is 71.6 Å². The molecule has 0 saturated heterocycles. The standard InChI is InChI=1S/C27H30N4O/c1-26(2,3)21-13-11-18(12-14-21)23-24(32)31(5)25(28)30-27(23,4)22-10-6-8-19(16-22)20-9-7-15-29-17-20/h6-17,23H,1-5H3,(H2,28,30)/t23-,27?/m0/s1. The highest BCUT2D eigenvalue weighted by Crippen LogP contribution is 2.45. The number of amides is 1. The largest absolute Gasteiger partial charge is 0.369 e. The molecular weight excluding hydrogens is 396 g/mol. The summed E-state index contributed by atoms with van der Waals surface area (Å²) in [6.07, 6.45) is 3.59. The average molecular weight is 427 g/mol. The molecule has 2 N–H and O–H groups in total. The summed E-state index contributed by atoms with van der Waals surface area (Å²) >= 11 is 0. The first-order valence-electron chi connectivity index (χ1n) is 10.9. The Balaban J connectivity index is 1.85. The fourth-order valence-electron chi connectivity index (χ4n) is 4.35. The Morgan fingerprint density at radius 3 is 2.31 bits per heavy atom. The zero-order chi connectivity index (χ0) is 23.1. The molecular formula is C27H30N4O. The van der Waals surface area contributed by atoms with E-state index in [0.717, 1.165) is 22.3 Å². The van der Waals surface area contributed by atoms with Gasteiger partial charge < -0.3 is 5.73 Å². The van der Waals surface area contributed by atoms with Gasteiger partial charge in [-0.3, -0.25) is 14.7 Å². The molecule has 0 aliphatic carbocycles. The zero-order valence-electron chi connectivity index (χ0n) is 19.3. The molecule has 5 nitrogen and oxygen atoms in total. The van der Waals surface area contributed by atoms with E-state index in [4.69, 9.17) is 10.7 Å². The van der Waals surface area contributed by atoms with Crippen LogP contribution in [0.25, 0.3) is 11.1 Å². The maximum Gasteiger partial charge on any atom is 0.239 e. The summed E-state index contributed by atoms with van der Waals surface area (Å²) < 4.78 is 0. The molecule has 0 spiro atoms. The molecule has 1 unspecified atom stereocenters. The number of benzene rings is 2. The third-order valence-electron chi connectivity index (χ3n) is 6.38. The number of pyridine rings is 1. The van der Waals surface area contributed by atoms with Crippen molar-refractivity contribution < 1.29 is 4.79 Å². The normalized spacial score (nSPS) is 21.4. The number of nitrogens with two attached hydrogens (primary N) is 1. The monoisotopic (exact) mass is 426 g/mol. The summed E-state index contributed by atoms with van der Waals surface area (Å²) in [5.74, 6) is -0.319. The van der Waals surface area contributed by atoms with Crippen LogP contribution in [0.5, 0.6) is 0 Å². The molecule has 1 aliphatic rings. The van der Waals surface area contributed by atoms with Gasteiger partial charge in [-0.25, -0.2) is 4.99 Å². The highest BCUT2D eigenvalue weighted by Gasteiger charge is 2.47. The minimum atomic E-state index is -0.838. The van der Waals surface area contributed by atoms with Crippen molar-refractivity contribution in [2.75, 3.05) is 7.05 Å². The van der Waals surface area contributed by atoms with E-state index in [0.29, 0.717) is 0 Å². The van der Waals surface area contributed by atoms with E-state index in [1.807, 2.05) is 43.5 Å². The Hall–Kier alpha value is -3.47. The first-order chi connectivity index (χ1) is 15.1. The maximum absolute atomic E-state index is 13.5. The number of carbonyl (C=O) groups excluding carboxylic acids is 1. The third-order valence-corrected chi connectivity index (χ3v) is 6.38. The molecule has 0 bridgehead atoms. The van der Waals surface area contributed by atoms with Gasteiger partial charge in [-0.05, 0) is 52.3 Å².